The molecule has 3 rings (SSSR count). The lowest BCUT2D eigenvalue weighted by atomic mass is 9.78. The van der Waals surface area contributed by atoms with Crippen molar-refractivity contribution < 1.29 is 18.3 Å². The number of aromatic nitrogens is 1. The molecule has 0 bridgehead atoms. The highest BCUT2D eigenvalue weighted by Crippen LogP contribution is 2.49. The number of hydrogen-bond acceptors (Lipinski definition) is 3. The molecular formula is C24H20ClF3N2O2. The predicted octanol–water partition coefficient (Wildman–Crippen LogP) is 5.33. The molecule has 0 radical (unpaired) electrons. The molecule has 0 aliphatic heterocycles. The molecule has 0 saturated heterocycles. The molecule has 1 aromatic heterocycles. The molecule has 2 atom stereocenters. The van der Waals surface area contributed by atoms with Crippen molar-refractivity contribution in [1.82, 2.24) is 4.57 Å². The maximum Gasteiger partial charge on any atom is 0.422 e. The Morgan fingerprint density at radius 3 is 2.25 bits per heavy atom. The van der Waals surface area contributed by atoms with E-state index in [1.165, 1.54) is 20.0 Å². The quantitative estimate of drug-likeness (QED) is 0.560. The SMILES string of the molecule is CC(c1ccc(-c2ccc(CC#N)cc2)cc1Cl)C(O)(c1ccc(=O)n(C)c1)C(F)(F)F. The normalized spacial score (nSPS) is 14.4. The fourth-order valence-corrected chi connectivity index (χ4v) is 4.01. The number of halogens is 4. The lowest BCUT2D eigenvalue weighted by Crippen LogP contribution is -2.47. The van der Waals surface area contributed by atoms with Gasteiger partial charge in [-0.15, -0.1) is 0 Å². The van der Waals surface area contributed by atoms with E-state index in [1.807, 2.05) is 0 Å². The third kappa shape index (κ3) is 4.29. The van der Waals surface area contributed by atoms with Crippen LogP contribution in [0.1, 0.15) is 29.5 Å². The lowest BCUT2D eigenvalue weighted by Gasteiger charge is -2.37. The van der Waals surface area contributed by atoms with Gasteiger partial charge in [0.25, 0.3) is 0 Å². The molecule has 2 unspecified atom stereocenters. The summed E-state index contributed by atoms with van der Waals surface area (Å²) in [6, 6.07) is 15.9. The molecule has 0 aliphatic carbocycles. The van der Waals surface area contributed by atoms with Crippen LogP contribution in [0.2, 0.25) is 5.02 Å². The van der Waals surface area contributed by atoms with E-state index < -0.39 is 28.8 Å². The summed E-state index contributed by atoms with van der Waals surface area (Å²) >= 11 is 6.38. The average molecular weight is 461 g/mol. The predicted molar refractivity (Wildman–Crippen MR) is 116 cm³/mol. The van der Waals surface area contributed by atoms with Crippen LogP contribution in [0.5, 0.6) is 0 Å². The number of hydrogen-bond donors (Lipinski definition) is 1. The van der Waals surface area contributed by atoms with E-state index in [0.717, 1.165) is 34.0 Å². The number of aliphatic hydroxyl groups is 1. The minimum absolute atomic E-state index is 0.0728. The highest BCUT2D eigenvalue weighted by atomic mass is 35.5. The molecule has 0 fully saturated rings. The number of nitriles is 1. The van der Waals surface area contributed by atoms with Crippen molar-refractivity contribution in [2.75, 3.05) is 0 Å². The molecule has 0 saturated carbocycles. The summed E-state index contributed by atoms with van der Waals surface area (Å²) in [6.45, 7) is 1.25. The van der Waals surface area contributed by atoms with Crippen LogP contribution in [-0.4, -0.2) is 15.8 Å². The fourth-order valence-electron chi connectivity index (χ4n) is 3.67. The molecule has 0 amide bonds. The summed E-state index contributed by atoms with van der Waals surface area (Å²) < 4.78 is 43.4. The van der Waals surface area contributed by atoms with Crippen molar-refractivity contribution >= 4 is 11.6 Å². The van der Waals surface area contributed by atoms with Gasteiger partial charge in [0.2, 0.25) is 5.56 Å². The van der Waals surface area contributed by atoms with Crippen molar-refractivity contribution in [3.05, 3.63) is 92.9 Å². The van der Waals surface area contributed by atoms with Gasteiger partial charge in [-0.05, 0) is 34.4 Å². The summed E-state index contributed by atoms with van der Waals surface area (Å²) in [4.78, 5) is 11.6. The van der Waals surface area contributed by atoms with Gasteiger partial charge in [-0.2, -0.15) is 18.4 Å². The first-order chi connectivity index (χ1) is 15.0. The van der Waals surface area contributed by atoms with Gasteiger partial charge >= 0.3 is 6.18 Å². The van der Waals surface area contributed by atoms with Crippen LogP contribution < -0.4 is 5.56 Å². The van der Waals surface area contributed by atoms with Crippen LogP contribution in [0.15, 0.2) is 65.6 Å². The summed E-state index contributed by atoms with van der Waals surface area (Å²) in [5, 5.41) is 19.8. The standard InChI is InChI=1S/C24H20ClF3N2O2/c1-15(23(32,24(26,27)28)19-8-10-22(31)30(2)14-19)20-9-7-18(13-21(20)25)17-5-3-16(4-6-17)11-12-29/h3-10,13-15,32H,11H2,1-2H3. The zero-order chi connectivity index (χ0) is 23.7. The maximum absolute atomic E-state index is 14.1. The van der Waals surface area contributed by atoms with Gasteiger partial charge in [0.15, 0.2) is 5.60 Å². The molecule has 0 aliphatic rings. The van der Waals surface area contributed by atoms with Crippen molar-refractivity contribution in [1.29, 1.82) is 5.26 Å². The van der Waals surface area contributed by atoms with E-state index in [4.69, 9.17) is 16.9 Å². The molecule has 32 heavy (non-hydrogen) atoms. The summed E-state index contributed by atoms with van der Waals surface area (Å²) in [5.41, 5.74) is -1.76. The summed E-state index contributed by atoms with van der Waals surface area (Å²) in [7, 11) is 1.32. The van der Waals surface area contributed by atoms with Crippen LogP contribution >= 0.6 is 11.6 Å². The molecule has 3 aromatic rings. The number of pyridine rings is 1. The minimum Gasteiger partial charge on any atom is -0.376 e. The second kappa shape index (κ2) is 8.81. The van der Waals surface area contributed by atoms with Gasteiger partial charge in [0.1, 0.15) is 0 Å². The lowest BCUT2D eigenvalue weighted by molar-refractivity contribution is -0.274. The molecule has 166 valence electrons. The first kappa shape index (κ1) is 23.6. The number of alkyl halides is 3. The Bertz CT molecular complexity index is 1230. The van der Waals surface area contributed by atoms with Crippen LogP contribution in [0.25, 0.3) is 11.1 Å². The van der Waals surface area contributed by atoms with Gasteiger partial charge in [0, 0.05) is 35.8 Å². The zero-order valence-electron chi connectivity index (χ0n) is 17.3. The van der Waals surface area contributed by atoms with E-state index in [2.05, 4.69) is 6.07 Å². The third-order valence-electron chi connectivity index (χ3n) is 5.62. The molecule has 1 N–H and O–H groups in total. The van der Waals surface area contributed by atoms with Gasteiger partial charge in [-0.3, -0.25) is 4.79 Å². The molecule has 2 aromatic carbocycles. The zero-order valence-corrected chi connectivity index (χ0v) is 18.1. The van der Waals surface area contributed by atoms with Crippen molar-refractivity contribution in [3.8, 4) is 17.2 Å². The molecule has 8 heteroatoms. The van der Waals surface area contributed by atoms with Gasteiger partial charge < -0.3 is 9.67 Å². The highest BCUT2D eigenvalue weighted by molar-refractivity contribution is 6.31. The first-order valence-corrected chi connectivity index (χ1v) is 10.1. The fraction of sp³-hybridized carbons (Fsp3) is 0.250. The smallest absolute Gasteiger partial charge is 0.376 e. The third-order valence-corrected chi connectivity index (χ3v) is 5.95. The largest absolute Gasteiger partial charge is 0.422 e. The summed E-state index contributed by atoms with van der Waals surface area (Å²) in [6.07, 6.45) is -3.77. The van der Waals surface area contributed by atoms with Crippen LogP contribution in [0.4, 0.5) is 13.2 Å². The van der Waals surface area contributed by atoms with Crippen molar-refractivity contribution in [2.24, 2.45) is 7.05 Å². The van der Waals surface area contributed by atoms with E-state index in [1.54, 1.807) is 36.4 Å². The van der Waals surface area contributed by atoms with Crippen molar-refractivity contribution in [3.63, 3.8) is 0 Å². The number of rotatable bonds is 5. The highest BCUT2D eigenvalue weighted by Gasteiger charge is 2.59. The molecule has 1 heterocycles. The van der Waals surface area contributed by atoms with Gasteiger partial charge in [-0.25, -0.2) is 0 Å². The maximum atomic E-state index is 14.1. The Hall–Kier alpha value is -3.08. The molecular weight excluding hydrogens is 441 g/mol. The van der Waals surface area contributed by atoms with E-state index >= 15 is 0 Å². The van der Waals surface area contributed by atoms with Gasteiger partial charge in [0.05, 0.1) is 12.5 Å². The van der Waals surface area contributed by atoms with Crippen LogP contribution in [-0.2, 0) is 19.1 Å². The first-order valence-electron chi connectivity index (χ1n) is 9.71. The van der Waals surface area contributed by atoms with E-state index in [9.17, 15) is 23.1 Å². The second-order valence-electron chi connectivity index (χ2n) is 7.62. The Balaban J connectivity index is 2.04. The van der Waals surface area contributed by atoms with Crippen LogP contribution in [0, 0.1) is 11.3 Å². The Morgan fingerprint density at radius 1 is 1.09 bits per heavy atom. The Morgan fingerprint density at radius 2 is 1.72 bits per heavy atom. The van der Waals surface area contributed by atoms with Crippen molar-refractivity contribution in [2.45, 2.75) is 31.0 Å². The van der Waals surface area contributed by atoms with Crippen LogP contribution in [0.3, 0.4) is 0 Å². The monoisotopic (exact) mass is 460 g/mol. The number of aryl methyl sites for hydroxylation is 1. The second-order valence-corrected chi connectivity index (χ2v) is 8.03. The molecule has 4 nitrogen and oxygen atoms in total. The Labute approximate surface area is 188 Å². The number of nitrogens with zero attached hydrogens (tertiary/aromatic N) is 2. The topological polar surface area (TPSA) is 66.0 Å². The summed E-state index contributed by atoms with van der Waals surface area (Å²) in [5.74, 6) is -1.46. The van der Waals surface area contributed by atoms with E-state index in [0.29, 0.717) is 5.56 Å². The van der Waals surface area contributed by atoms with E-state index in [-0.39, 0.29) is 17.0 Å². The Kier molecular flexibility index (Phi) is 6.49. The number of benzene rings is 2. The molecule has 0 spiro atoms. The minimum atomic E-state index is -5.03. The average Bonchev–Trinajstić information content (AvgIpc) is 2.74. The van der Waals surface area contributed by atoms with Gasteiger partial charge in [-0.1, -0.05) is 54.9 Å².